The van der Waals surface area contributed by atoms with E-state index in [1.807, 2.05) is 0 Å². The molecule has 1 fully saturated rings. The fourth-order valence-electron chi connectivity index (χ4n) is 4.20. The molecule has 1 aliphatic rings. The second kappa shape index (κ2) is 8.23. The van der Waals surface area contributed by atoms with Crippen LogP contribution in [0.15, 0.2) is 30.5 Å². The standard InChI is InChI=1S/C21H31FN6O2S/c1-20(2)11-16(12-21(3,4)28(20)5)24-18-17(22)13-23-19(26-18)25-14-8-7-9-15(10-14)27-31(6,29)30/h7-10,13,16,27H,11-12H2,1-6H3,(H2,23,24,25,26). The number of likely N-dealkylation sites (tertiary alicyclic amines) is 1. The SMILES string of the molecule is CN1C(C)(C)CC(Nc2nc(Nc3cccc(NS(C)(=O)=O)c3)ncc2F)CC1(C)C. The number of nitrogens with zero attached hydrogens (tertiary/aromatic N) is 3. The minimum absolute atomic E-state index is 0.0446. The van der Waals surface area contributed by atoms with Crippen molar-refractivity contribution in [3.05, 3.63) is 36.3 Å². The smallest absolute Gasteiger partial charge is 0.229 e. The summed E-state index contributed by atoms with van der Waals surface area (Å²) in [6.07, 6.45) is 3.90. The highest BCUT2D eigenvalue weighted by molar-refractivity contribution is 7.92. The molecule has 0 bridgehead atoms. The van der Waals surface area contributed by atoms with Crippen molar-refractivity contribution in [1.29, 1.82) is 0 Å². The van der Waals surface area contributed by atoms with Crippen LogP contribution in [0.4, 0.5) is 27.5 Å². The molecule has 0 spiro atoms. The maximum absolute atomic E-state index is 14.5. The molecule has 1 aromatic carbocycles. The molecule has 2 aromatic rings. The van der Waals surface area contributed by atoms with E-state index in [4.69, 9.17) is 0 Å². The van der Waals surface area contributed by atoms with E-state index in [2.05, 4.69) is 65.0 Å². The van der Waals surface area contributed by atoms with Crippen molar-refractivity contribution in [2.45, 2.75) is 57.7 Å². The van der Waals surface area contributed by atoms with Crippen LogP contribution in [0.1, 0.15) is 40.5 Å². The zero-order chi connectivity index (χ0) is 23.0. The van der Waals surface area contributed by atoms with E-state index in [0.29, 0.717) is 11.4 Å². The highest BCUT2D eigenvalue weighted by Crippen LogP contribution is 2.38. The van der Waals surface area contributed by atoms with Gasteiger partial charge in [-0.15, -0.1) is 0 Å². The average molecular weight is 451 g/mol. The zero-order valence-electron chi connectivity index (χ0n) is 18.8. The Morgan fingerprint density at radius 3 is 2.35 bits per heavy atom. The van der Waals surface area contributed by atoms with Crippen molar-refractivity contribution in [2.75, 3.05) is 28.7 Å². The van der Waals surface area contributed by atoms with Crippen molar-refractivity contribution >= 4 is 33.2 Å². The summed E-state index contributed by atoms with van der Waals surface area (Å²) in [4.78, 5) is 10.7. The first kappa shape index (κ1) is 23.2. The van der Waals surface area contributed by atoms with Crippen molar-refractivity contribution in [3.8, 4) is 0 Å². The predicted octanol–water partition coefficient (Wildman–Crippen LogP) is 3.79. The number of hydrogen-bond donors (Lipinski definition) is 3. The molecule has 0 atom stereocenters. The first-order valence-corrected chi connectivity index (χ1v) is 12.0. The summed E-state index contributed by atoms with van der Waals surface area (Å²) >= 11 is 0. The number of benzene rings is 1. The quantitative estimate of drug-likeness (QED) is 0.616. The van der Waals surface area contributed by atoms with Crippen LogP contribution >= 0.6 is 0 Å². The Bertz CT molecular complexity index is 1040. The van der Waals surface area contributed by atoms with Gasteiger partial charge in [0.15, 0.2) is 11.6 Å². The van der Waals surface area contributed by atoms with Gasteiger partial charge in [-0.2, -0.15) is 4.98 Å². The van der Waals surface area contributed by atoms with Crippen molar-refractivity contribution < 1.29 is 12.8 Å². The third-order valence-corrected chi connectivity index (χ3v) is 6.42. The number of sulfonamides is 1. The van der Waals surface area contributed by atoms with E-state index in [9.17, 15) is 12.8 Å². The van der Waals surface area contributed by atoms with E-state index in [-0.39, 0.29) is 28.9 Å². The first-order chi connectivity index (χ1) is 14.2. The molecular weight excluding hydrogens is 419 g/mol. The van der Waals surface area contributed by atoms with Gasteiger partial charge in [-0.3, -0.25) is 9.62 Å². The van der Waals surface area contributed by atoms with E-state index >= 15 is 0 Å². The highest BCUT2D eigenvalue weighted by atomic mass is 32.2. The monoisotopic (exact) mass is 450 g/mol. The molecule has 3 N–H and O–H groups in total. The molecule has 0 saturated carbocycles. The van der Waals surface area contributed by atoms with Crippen LogP contribution < -0.4 is 15.4 Å². The average Bonchev–Trinajstić information content (AvgIpc) is 2.61. The van der Waals surface area contributed by atoms with E-state index < -0.39 is 15.8 Å². The van der Waals surface area contributed by atoms with Crippen LogP contribution in [0, 0.1) is 5.82 Å². The van der Waals surface area contributed by atoms with Gasteiger partial charge in [-0.25, -0.2) is 17.8 Å². The fourth-order valence-corrected chi connectivity index (χ4v) is 4.75. The van der Waals surface area contributed by atoms with Gasteiger partial charge in [0.05, 0.1) is 18.1 Å². The third-order valence-electron chi connectivity index (χ3n) is 5.81. The second-order valence-electron chi connectivity index (χ2n) is 9.40. The van der Waals surface area contributed by atoms with Gasteiger partial charge in [0.1, 0.15) is 0 Å². The van der Waals surface area contributed by atoms with Crippen LogP contribution in [0.25, 0.3) is 0 Å². The summed E-state index contributed by atoms with van der Waals surface area (Å²) in [5.41, 5.74) is 0.894. The summed E-state index contributed by atoms with van der Waals surface area (Å²) in [6.45, 7) is 8.74. The number of rotatable bonds is 6. The lowest BCUT2D eigenvalue weighted by Crippen LogP contribution is -2.61. The summed E-state index contributed by atoms with van der Waals surface area (Å²) in [5.74, 6) is -0.163. The third kappa shape index (κ3) is 5.82. The predicted molar refractivity (Wildman–Crippen MR) is 123 cm³/mol. The second-order valence-corrected chi connectivity index (χ2v) is 11.2. The molecular formula is C21H31FN6O2S. The van der Waals surface area contributed by atoms with Crippen molar-refractivity contribution in [1.82, 2.24) is 14.9 Å². The highest BCUT2D eigenvalue weighted by Gasteiger charge is 2.43. The topological polar surface area (TPSA) is 99.2 Å². The Labute approximate surface area is 183 Å². The minimum Gasteiger partial charge on any atom is -0.365 e. The summed E-state index contributed by atoms with van der Waals surface area (Å²) < 4.78 is 39.8. The molecule has 0 amide bonds. The zero-order valence-corrected chi connectivity index (χ0v) is 19.6. The van der Waals surface area contributed by atoms with Gasteiger partial charge < -0.3 is 10.6 Å². The molecule has 0 unspecified atom stereocenters. The van der Waals surface area contributed by atoms with Crippen molar-refractivity contribution in [3.63, 3.8) is 0 Å². The Hall–Kier alpha value is -2.46. The fraction of sp³-hybridized carbons (Fsp3) is 0.524. The van der Waals surface area contributed by atoms with Gasteiger partial charge in [-0.05, 0) is 65.8 Å². The van der Waals surface area contributed by atoms with Crippen LogP contribution in [-0.2, 0) is 10.0 Å². The lowest BCUT2D eigenvalue weighted by molar-refractivity contribution is -0.00778. The normalized spacial score (nSPS) is 19.1. The molecule has 2 heterocycles. The molecule has 0 aliphatic carbocycles. The van der Waals surface area contributed by atoms with Crippen LogP contribution in [-0.4, -0.2) is 53.7 Å². The van der Waals surface area contributed by atoms with Crippen LogP contribution in [0.3, 0.4) is 0 Å². The molecule has 170 valence electrons. The number of nitrogens with one attached hydrogen (secondary N) is 3. The number of anilines is 4. The molecule has 31 heavy (non-hydrogen) atoms. The summed E-state index contributed by atoms with van der Waals surface area (Å²) in [6, 6.07) is 6.74. The molecule has 0 radical (unpaired) electrons. The lowest BCUT2D eigenvalue weighted by Gasteiger charge is -2.53. The number of hydrogen-bond acceptors (Lipinski definition) is 7. The van der Waals surface area contributed by atoms with Crippen LogP contribution in [0.2, 0.25) is 0 Å². The van der Waals surface area contributed by atoms with E-state index in [1.165, 1.54) is 0 Å². The molecule has 10 heteroatoms. The number of halogens is 1. The number of aromatic nitrogens is 2. The van der Waals surface area contributed by atoms with Gasteiger partial charge in [0, 0.05) is 22.8 Å². The van der Waals surface area contributed by atoms with Crippen LogP contribution in [0.5, 0.6) is 0 Å². The summed E-state index contributed by atoms with van der Waals surface area (Å²) in [5, 5.41) is 6.27. The first-order valence-electron chi connectivity index (χ1n) is 10.1. The maximum Gasteiger partial charge on any atom is 0.229 e. The Morgan fingerprint density at radius 1 is 1.13 bits per heavy atom. The number of piperidine rings is 1. The van der Waals surface area contributed by atoms with E-state index in [1.54, 1.807) is 24.3 Å². The maximum atomic E-state index is 14.5. The minimum atomic E-state index is -3.39. The van der Waals surface area contributed by atoms with Crippen molar-refractivity contribution in [2.24, 2.45) is 0 Å². The molecule has 1 aliphatic heterocycles. The molecule has 1 saturated heterocycles. The van der Waals surface area contributed by atoms with Gasteiger partial charge >= 0.3 is 0 Å². The molecule has 1 aromatic heterocycles. The Morgan fingerprint density at radius 2 is 1.74 bits per heavy atom. The van der Waals surface area contributed by atoms with Gasteiger partial charge in [-0.1, -0.05) is 6.07 Å². The summed E-state index contributed by atoms with van der Waals surface area (Å²) in [7, 11) is -1.27. The molecule has 8 nitrogen and oxygen atoms in total. The van der Waals surface area contributed by atoms with E-state index in [0.717, 1.165) is 25.3 Å². The molecule has 3 rings (SSSR count). The van der Waals surface area contributed by atoms with Gasteiger partial charge in [0.2, 0.25) is 16.0 Å². The largest absolute Gasteiger partial charge is 0.365 e. The Balaban J connectivity index is 1.78. The van der Waals surface area contributed by atoms with Gasteiger partial charge in [0.25, 0.3) is 0 Å². The lowest BCUT2D eigenvalue weighted by atomic mass is 9.77. The Kier molecular flexibility index (Phi) is 6.16.